The molecule has 0 aliphatic carbocycles. The summed E-state index contributed by atoms with van der Waals surface area (Å²) in [5.41, 5.74) is 0.959. The van der Waals surface area contributed by atoms with E-state index in [4.69, 9.17) is 4.74 Å². The van der Waals surface area contributed by atoms with Gasteiger partial charge in [0.15, 0.2) is 0 Å². The number of methoxy groups -OCH3 is 1. The minimum Gasteiger partial charge on any atom is -0.497 e. The molecule has 2 rings (SSSR count). The minimum atomic E-state index is -0.997. The van der Waals surface area contributed by atoms with E-state index in [0.717, 1.165) is 23.6 Å². The molecule has 1 saturated heterocycles. The lowest BCUT2D eigenvalue weighted by molar-refractivity contribution is -0.139. The summed E-state index contributed by atoms with van der Waals surface area (Å²) in [5, 5.41) is 10.3. The lowest BCUT2D eigenvalue weighted by Crippen LogP contribution is -2.43. The molecule has 5 nitrogen and oxygen atoms in total. The number of carbonyl (C=O) groups is 1. The Kier molecular flexibility index (Phi) is 6.11. The monoisotopic (exact) mass is 324 g/mol. The van der Waals surface area contributed by atoms with Gasteiger partial charge in [-0.25, -0.2) is 0 Å². The Morgan fingerprint density at radius 1 is 1.36 bits per heavy atom. The van der Waals surface area contributed by atoms with Crippen LogP contribution >= 0.6 is 11.8 Å². The van der Waals surface area contributed by atoms with Gasteiger partial charge in [0.25, 0.3) is 5.91 Å². The summed E-state index contributed by atoms with van der Waals surface area (Å²) in [6.07, 6.45) is -0.997. The maximum absolute atomic E-state index is 12.5. The van der Waals surface area contributed by atoms with Gasteiger partial charge in [-0.2, -0.15) is 0 Å². The van der Waals surface area contributed by atoms with Crippen molar-refractivity contribution in [3.63, 3.8) is 0 Å². The van der Waals surface area contributed by atoms with Gasteiger partial charge < -0.3 is 19.6 Å². The molecule has 1 heterocycles. The fourth-order valence-corrected chi connectivity index (χ4v) is 3.65. The van der Waals surface area contributed by atoms with E-state index in [0.29, 0.717) is 13.1 Å². The van der Waals surface area contributed by atoms with Crippen molar-refractivity contribution in [3.05, 3.63) is 29.8 Å². The second-order valence-electron chi connectivity index (χ2n) is 5.64. The van der Waals surface area contributed by atoms with Gasteiger partial charge in [0.2, 0.25) is 0 Å². The minimum absolute atomic E-state index is 0.173. The van der Waals surface area contributed by atoms with Crippen LogP contribution in [-0.2, 0) is 4.79 Å². The van der Waals surface area contributed by atoms with Gasteiger partial charge in [0.1, 0.15) is 11.9 Å². The third-order valence-electron chi connectivity index (χ3n) is 3.77. The number of benzene rings is 1. The van der Waals surface area contributed by atoms with Gasteiger partial charge in [0, 0.05) is 25.4 Å². The Hall–Kier alpha value is -1.24. The average molecular weight is 324 g/mol. The first-order chi connectivity index (χ1) is 10.5. The molecule has 6 heteroatoms. The molecule has 0 aromatic heterocycles. The van der Waals surface area contributed by atoms with E-state index in [-0.39, 0.29) is 11.2 Å². The third kappa shape index (κ3) is 4.15. The molecule has 1 aromatic rings. The van der Waals surface area contributed by atoms with E-state index in [1.165, 1.54) is 0 Å². The highest BCUT2D eigenvalue weighted by Gasteiger charge is 2.34. The third-order valence-corrected chi connectivity index (χ3v) is 5.08. The fourth-order valence-electron chi connectivity index (χ4n) is 2.42. The first-order valence-corrected chi connectivity index (χ1v) is 8.45. The van der Waals surface area contributed by atoms with E-state index in [1.54, 1.807) is 23.8 Å². The van der Waals surface area contributed by atoms with Gasteiger partial charge >= 0.3 is 0 Å². The first-order valence-electron chi connectivity index (χ1n) is 7.40. The molecule has 0 unspecified atom stereocenters. The largest absolute Gasteiger partial charge is 0.497 e. The van der Waals surface area contributed by atoms with Crippen molar-refractivity contribution >= 4 is 17.7 Å². The molecule has 1 aromatic carbocycles. The van der Waals surface area contributed by atoms with Crippen LogP contribution in [0.1, 0.15) is 10.8 Å². The molecule has 22 heavy (non-hydrogen) atoms. The molecule has 122 valence electrons. The SMILES string of the molecule is COc1ccc([C@H]2SCCN(CCN(C)C)C(=O)[C@@H]2O)cc1. The Morgan fingerprint density at radius 3 is 2.64 bits per heavy atom. The highest BCUT2D eigenvalue weighted by atomic mass is 32.2. The standard InChI is InChI=1S/C16H24N2O3S/c1-17(2)8-9-18-10-11-22-15(14(19)16(18)20)12-4-6-13(21-3)7-5-12/h4-7,14-15,19H,8-11H2,1-3H3/t14-,15-/m1/s1. The predicted molar refractivity (Wildman–Crippen MR) is 89.3 cm³/mol. The Morgan fingerprint density at radius 2 is 2.05 bits per heavy atom. The van der Waals surface area contributed by atoms with Crippen molar-refractivity contribution in [2.24, 2.45) is 0 Å². The van der Waals surface area contributed by atoms with Gasteiger partial charge in [-0.1, -0.05) is 12.1 Å². The van der Waals surface area contributed by atoms with E-state index in [1.807, 2.05) is 43.3 Å². The van der Waals surface area contributed by atoms with Crippen LogP contribution < -0.4 is 4.74 Å². The molecule has 1 aliphatic rings. The summed E-state index contributed by atoms with van der Waals surface area (Å²) in [7, 11) is 5.58. The number of carbonyl (C=O) groups excluding carboxylic acids is 1. The number of aliphatic hydroxyl groups excluding tert-OH is 1. The highest BCUT2D eigenvalue weighted by molar-refractivity contribution is 7.99. The lowest BCUT2D eigenvalue weighted by atomic mass is 10.1. The molecule has 1 amide bonds. The molecule has 0 spiro atoms. The van der Waals surface area contributed by atoms with E-state index in [9.17, 15) is 9.90 Å². The van der Waals surface area contributed by atoms with Gasteiger partial charge in [-0.3, -0.25) is 4.79 Å². The number of aliphatic hydroxyl groups is 1. The summed E-state index contributed by atoms with van der Waals surface area (Å²) in [6, 6.07) is 7.56. The van der Waals surface area contributed by atoms with Crippen molar-refractivity contribution in [1.29, 1.82) is 0 Å². The molecule has 0 bridgehead atoms. The summed E-state index contributed by atoms with van der Waals surface area (Å²) in [6.45, 7) is 2.14. The number of ether oxygens (including phenoxy) is 1. The molecular weight excluding hydrogens is 300 g/mol. The summed E-state index contributed by atoms with van der Waals surface area (Å²) >= 11 is 1.63. The molecule has 0 saturated carbocycles. The quantitative estimate of drug-likeness (QED) is 0.883. The molecular formula is C16H24N2O3S. The van der Waals surface area contributed by atoms with Gasteiger partial charge in [-0.15, -0.1) is 11.8 Å². The number of hydrogen-bond donors (Lipinski definition) is 1. The molecule has 1 fully saturated rings. The smallest absolute Gasteiger partial charge is 0.252 e. The van der Waals surface area contributed by atoms with Crippen LogP contribution in [0.5, 0.6) is 5.75 Å². The van der Waals surface area contributed by atoms with Crippen molar-refractivity contribution in [1.82, 2.24) is 9.80 Å². The Balaban J connectivity index is 2.09. The zero-order chi connectivity index (χ0) is 16.1. The normalized spacial score (nSPS) is 22.8. The zero-order valence-electron chi connectivity index (χ0n) is 13.4. The Bertz CT molecular complexity index is 493. The van der Waals surface area contributed by atoms with Crippen molar-refractivity contribution < 1.29 is 14.6 Å². The van der Waals surface area contributed by atoms with E-state index < -0.39 is 6.10 Å². The second kappa shape index (κ2) is 7.85. The van der Waals surface area contributed by atoms with Gasteiger partial charge in [0.05, 0.1) is 12.4 Å². The summed E-state index contributed by atoms with van der Waals surface area (Å²) in [4.78, 5) is 16.3. The van der Waals surface area contributed by atoms with E-state index >= 15 is 0 Å². The molecule has 2 atom stereocenters. The van der Waals surface area contributed by atoms with Crippen LogP contribution in [0.2, 0.25) is 0 Å². The lowest BCUT2D eigenvalue weighted by Gasteiger charge is -2.25. The van der Waals surface area contributed by atoms with E-state index in [2.05, 4.69) is 0 Å². The van der Waals surface area contributed by atoms with Crippen molar-refractivity contribution in [2.45, 2.75) is 11.4 Å². The first kappa shape index (κ1) is 17.1. The number of likely N-dealkylation sites (N-methyl/N-ethyl adjacent to an activating group) is 1. The summed E-state index contributed by atoms with van der Waals surface area (Å²) in [5.74, 6) is 1.43. The van der Waals surface area contributed by atoms with Crippen LogP contribution in [0.15, 0.2) is 24.3 Å². The van der Waals surface area contributed by atoms with Crippen LogP contribution in [0.25, 0.3) is 0 Å². The molecule has 1 N–H and O–H groups in total. The van der Waals surface area contributed by atoms with Crippen LogP contribution in [0.3, 0.4) is 0 Å². The topological polar surface area (TPSA) is 53.0 Å². The molecule has 0 radical (unpaired) electrons. The fraction of sp³-hybridized carbons (Fsp3) is 0.562. The number of thioether (sulfide) groups is 1. The van der Waals surface area contributed by atoms with Crippen molar-refractivity contribution in [3.8, 4) is 5.75 Å². The number of hydrogen-bond acceptors (Lipinski definition) is 5. The maximum atomic E-state index is 12.5. The zero-order valence-corrected chi connectivity index (χ0v) is 14.2. The van der Waals surface area contributed by atoms with Crippen LogP contribution in [0.4, 0.5) is 0 Å². The maximum Gasteiger partial charge on any atom is 0.252 e. The second-order valence-corrected chi connectivity index (χ2v) is 6.89. The summed E-state index contributed by atoms with van der Waals surface area (Å²) < 4.78 is 5.15. The number of nitrogens with zero attached hydrogens (tertiary/aromatic N) is 2. The van der Waals surface area contributed by atoms with Crippen molar-refractivity contribution in [2.75, 3.05) is 46.6 Å². The average Bonchev–Trinajstić information content (AvgIpc) is 2.66. The Labute approximate surface area is 136 Å². The van der Waals surface area contributed by atoms with Crippen LogP contribution in [0, 0.1) is 0 Å². The number of amides is 1. The molecule has 1 aliphatic heterocycles. The highest BCUT2D eigenvalue weighted by Crippen LogP contribution is 2.35. The predicted octanol–water partition coefficient (Wildman–Crippen LogP) is 1.23. The number of rotatable bonds is 5. The van der Waals surface area contributed by atoms with Crippen LogP contribution in [-0.4, -0.2) is 73.5 Å². The van der Waals surface area contributed by atoms with Gasteiger partial charge in [-0.05, 0) is 31.8 Å².